The van der Waals surface area contributed by atoms with Crippen molar-refractivity contribution in [2.45, 2.75) is 50.3 Å². The van der Waals surface area contributed by atoms with Gasteiger partial charge in [0.25, 0.3) is 0 Å². The fourth-order valence-corrected chi connectivity index (χ4v) is 5.61. The number of ether oxygens (including phenoxy) is 2. The van der Waals surface area contributed by atoms with Crippen LogP contribution >= 0.6 is 11.8 Å². The molecule has 0 aliphatic carbocycles. The topological polar surface area (TPSA) is 106 Å². The van der Waals surface area contributed by atoms with E-state index in [1.807, 2.05) is 78.9 Å². The minimum absolute atomic E-state index is 0.000669. The van der Waals surface area contributed by atoms with Crippen molar-refractivity contribution in [3.63, 3.8) is 0 Å². The molecule has 0 radical (unpaired) electrons. The number of urea groups is 1. The first-order chi connectivity index (χ1) is 20.1. The second-order valence-corrected chi connectivity index (χ2v) is 10.9. The lowest BCUT2D eigenvalue weighted by atomic mass is 9.91. The maximum Gasteiger partial charge on any atom is 0.315 e. The number of nitrogens with zero attached hydrogens (tertiary/aromatic N) is 2. The highest BCUT2D eigenvalue weighted by Gasteiger charge is 2.38. The number of benzene rings is 3. The number of aromatic nitrogens is 2. The normalized spacial score (nSPS) is 20.3. The Bertz CT molecular complexity index is 1370. The molecule has 2 amide bonds. The molecule has 1 aromatic heterocycles. The first-order valence-corrected chi connectivity index (χ1v) is 14.6. The first-order valence-electron chi connectivity index (χ1n) is 13.6. The summed E-state index contributed by atoms with van der Waals surface area (Å²) >= 11 is 1.56. The van der Waals surface area contributed by atoms with E-state index in [1.165, 1.54) is 0 Å². The predicted octanol–water partition coefficient (Wildman–Crippen LogP) is 5.55. The third-order valence-electron chi connectivity index (χ3n) is 7.04. The van der Waals surface area contributed by atoms with Gasteiger partial charge in [0, 0.05) is 42.7 Å². The second-order valence-electron chi connectivity index (χ2n) is 9.93. The van der Waals surface area contributed by atoms with Crippen molar-refractivity contribution in [2.24, 2.45) is 5.92 Å². The highest BCUT2D eigenvalue weighted by atomic mass is 32.2. The molecule has 0 bridgehead atoms. The zero-order valence-electron chi connectivity index (χ0n) is 22.9. The number of aliphatic hydroxyl groups is 1. The Kier molecular flexibility index (Phi) is 9.98. The summed E-state index contributed by atoms with van der Waals surface area (Å²) in [7, 11) is 0. The van der Waals surface area contributed by atoms with E-state index in [9.17, 15) is 9.90 Å². The zero-order chi connectivity index (χ0) is 28.4. The van der Waals surface area contributed by atoms with Crippen molar-refractivity contribution >= 4 is 17.8 Å². The van der Waals surface area contributed by atoms with Gasteiger partial charge in [-0.2, -0.15) is 0 Å². The van der Waals surface area contributed by atoms with Gasteiger partial charge in [0.05, 0.1) is 18.8 Å². The van der Waals surface area contributed by atoms with Crippen LogP contribution in [0.5, 0.6) is 0 Å². The van der Waals surface area contributed by atoms with Crippen molar-refractivity contribution in [2.75, 3.05) is 5.75 Å². The van der Waals surface area contributed by atoms with Crippen LogP contribution in [0.25, 0.3) is 0 Å². The molecule has 1 aliphatic rings. The number of thioether (sulfide) groups is 1. The van der Waals surface area contributed by atoms with Crippen LogP contribution in [-0.4, -0.2) is 33.0 Å². The minimum Gasteiger partial charge on any atom is -0.392 e. The van der Waals surface area contributed by atoms with Gasteiger partial charge in [-0.1, -0.05) is 97.5 Å². The molecule has 0 spiro atoms. The van der Waals surface area contributed by atoms with Gasteiger partial charge >= 0.3 is 6.03 Å². The van der Waals surface area contributed by atoms with E-state index in [2.05, 4.69) is 27.5 Å². The van der Waals surface area contributed by atoms with Crippen LogP contribution in [0.4, 0.5) is 4.79 Å². The lowest BCUT2D eigenvalue weighted by Gasteiger charge is -2.41. The Labute approximate surface area is 244 Å². The van der Waals surface area contributed by atoms with Gasteiger partial charge in [0.1, 0.15) is 0 Å². The summed E-state index contributed by atoms with van der Waals surface area (Å²) in [6.07, 6.45) is 2.60. The molecule has 4 aromatic rings. The minimum atomic E-state index is -0.563. The number of carbonyl (C=O) groups excluding carboxylic acids is 1. The van der Waals surface area contributed by atoms with Gasteiger partial charge in [-0.3, -0.25) is 0 Å². The average molecular weight is 571 g/mol. The summed E-state index contributed by atoms with van der Waals surface area (Å²) in [5.41, 5.74) is 4.81. The fraction of sp³-hybridized carbons (Fsp3) is 0.281. The van der Waals surface area contributed by atoms with Crippen molar-refractivity contribution in [1.29, 1.82) is 0 Å². The summed E-state index contributed by atoms with van der Waals surface area (Å²) < 4.78 is 13.0. The molecular weight excluding hydrogens is 536 g/mol. The number of carbonyl (C=O) groups is 1. The molecule has 3 N–H and O–H groups in total. The molecule has 4 atom stereocenters. The molecule has 1 aliphatic heterocycles. The number of hydrogen-bond donors (Lipinski definition) is 3. The van der Waals surface area contributed by atoms with Gasteiger partial charge in [-0.05, 0) is 28.3 Å². The fourth-order valence-electron chi connectivity index (χ4n) is 4.64. The number of aliphatic hydroxyl groups excluding tert-OH is 1. The van der Waals surface area contributed by atoms with Gasteiger partial charge in [-0.15, -0.1) is 0 Å². The van der Waals surface area contributed by atoms with Crippen LogP contribution in [0.15, 0.2) is 102 Å². The molecule has 8 nitrogen and oxygen atoms in total. The van der Waals surface area contributed by atoms with E-state index in [0.29, 0.717) is 24.0 Å². The largest absolute Gasteiger partial charge is 0.392 e. The maximum absolute atomic E-state index is 12.3. The van der Waals surface area contributed by atoms with Crippen LogP contribution in [0.1, 0.15) is 47.1 Å². The molecule has 0 saturated carbocycles. The van der Waals surface area contributed by atoms with E-state index in [-0.39, 0.29) is 30.8 Å². The first kappa shape index (κ1) is 28.8. The highest BCUT2D eigenvalue weighted by Crippen LogP contribution is 2.42. The molecular formula is C32H34N4O4S. The van der Waals surface area contributed by atoms with Crippen LogP contribution in [-0.2, 0) is 29.2 Å². The van der Waals surface area contributed by atoms with E-state index < -0.39 is 6.29 Å². The lowest BCUT2D eigenvalue weighted by Crippen LogP contribution is -2.38. The highest BCUT2D eigenvalue weighted by molar-refractivity contribution is 7.99. The molecule has 0 unspecified atom stereocenters. The molecule has 212 valence electrons. The SMILES string of the molecule is C[C@@H]1[C@H](CSc2ncccn2)O[C@H](c2ccc(CNC(=O)NCc3ccccc3)cc2)O[C@@H]1c1ccc(CO)cc1. The molecule has 2 heterocycles. The van der Waals surface area contributed by atoms with Crippen molar-refractivity contribution in [1.82, 2.24) is 20.6 Å². The Morgan fingerprint density at radius 3 is 2.07 bits per heavy atom. The van der Waals surface area contributed by atoms with Gasteiger partial charge in [-0.25, -0.2) is 14.8 Å². The third kappa shape index (κ3) is 7.92. The van der Waals surface area contributed by atoms with Crippen LogP contribution < -0.4 is 10.6 Å². The quantitative estimate of drug-likeness (QED) is 0.170. The lowest BCUT2D eigenvalue weighted by molar-refractivity contribution is -0.268. The van der Waals surface area contributed by atoms with Crippen molar-refractivity contribution in [3.05, 3.63) is 125 Å². The van der Waals surface area contributed by atoms with E-state index >= 15 is 0 Å². The molecule has 41 heavy (non-hydrogen) atoms. The number of nitrogens with one attached hydrogen (secondary N) is 2. The smallest absolute Gasteiger partial charge is 0.315 e. The van der Waals surface area contributed by atoms with E-state index in [1.54, 1.807) is 30.2 Å². The predicted molar refractivity (Wildman–Crippen MR) is 158 cm³/mol. The number of hydrogen-bond acceptors (Lipinski definition) is 7. The second kappa shape index (κ2) is 14.2. The third-order valence-corrected chi connectivity index (χ3v) is 8.01. The summed E-state index contributed by atoms with van der Waals surface area (Å²) in [5, 5.41) is 16.0. The molecule has 5 rings (SSSR count). The Balaban J connectivity index is 1.24. The van der Waals surface area contributed by atoms with Crippen LogP contribution in [0.3, 0.4) is 0 Å². The van der Waals surface area contributed by atoms with E-state index in [0.717, 1.165) is 27.8 Å². The zero-order valence-corrected chi connectivity index (χ0v) is 23.7. The molecule has 1 saturated heterocycles. The van der Waals surface area contributed by atoms with Gasteiger partial charge in [0.15, 0.2) is 11.4 Å². The van der Waals surface area contributed by atoms with Crippen molar-refractivity contribution in [3.8, 4) is 0 Å². The summed E-state index contributed by atoms with van der Waals surface area (Å²) in [6.45, 7) is 3.01. The van der Waals surface area contributed by atoms with E-state index in [4.69, 9.17) is 9.47 Å². The average Bonchev–Trinajstić information content (AvgIpc) is 3.03. The Morgan fingerprint density at radius 2 is 1.41 bits per heavy atom. The maximum atomic E-state index is 12.3. The monoisotopic (exact) mass is 570 g/mol. The number of rotatable bonds is 10. The van der Waals surface area contributed by atoms with Gasteiger partial charge in [0.2, 0.25) is 0 Å². The van der Waals surface area contributed by atoms with Crippen LogP contribution in [0.2, 0.25) is 0 Å². The molecule has 9 heteroatoms. The standard InChI is InChI=1S/C32H34N4O4S/c1-22-28(21-41-32-33-16-5-17-34-32)39-30(40-29(22)26-12-10-25(20-37)11-13-26)27-14-8-24(9-15-27)19-36-31(38)35-18-23-6-3-2-4-7-23/h2-17,22,28-30,37H,18-21H2,1H3,(H2,35,36,38)/t22-,28+,29+,30+/m1/s1. The van der Waals surface area contributed by atoms with Gasteiger partial charge < -0.3 is 25.2 Å². The molecule has 3 aromatic carbocycles. The Morgan fingerprint density at radius 1 is 0.805 bits per heavy atom. The number of amides is 2. The summed E-state index contributed by atoms with van der Waals surface area (Å²) in [5.74, 6) is 0.747. The molecule has 1 fully saturated rings. The Hall–Kier alpha value is -3.76. The van der Waals surface area contributed by atoms with Crippen molar-refractivity contribution < 1.29 is 19.4 Å². The van der Waals surface area contributed by atoms with Crippen LogP contribution in [0, 0.1) is 5.92 Å². The summed E-state index contributed by atoms with van der Waals surface area (Å²) in [4.78, 5) is 20.9. The summed E-state index contributed by atoms with van der Waals surface area (Å²) in [6, 6.07) is 27.2.